The number of hydrogen-bond donors (Lipinski definition) is 1. The van der Waals surface area contributed by atoms with Crippen molar-refractivity contribution in [2.45, 2.75) is 0 Å². The first kappa shape index (κ1) is 26.0. The first-order chi connectivity index (χ1) is 10.2. The second-order valence-corrected chi connectivity index (χ2v) is 5.86. The molecule has 0 bridgehead atoms. The highest BCUT2D eigenvalue weighted by atomic mass is 35.5. The van der Waals surface area contributed by atoms with Crippen molar-refractivity contribution in [3.05, 3.63) is 35.5 Å². The average Bonchev–Trinajstić information content (AvgIpc) is 2.47. The van der Waals surface area contributed by atoms with E-state index >= 15 is 0 Å². The molecule has 138 valence electrons. The maximum Gasteiger partial charge on any atom is 0.0737 e. The quantitative estimate of drug-likeness (QED) is 0.633. The van der Waals surface area contributed by atoms with Gasteiger partial charge in [0, 0.05) is 60.2 Å². The predicted molar refractivity (Wildman–Crippen MR) is 111 cm³/mol. The van der Waals surface area contributed by atoms with Crippen molar-refractivity contribution in [3.63, 3.8) is 0 Å². The van der Waals surface area contributed by atoms with Gasteiger partial charge in [-0.05, 0) is 24.3 Å². The van der Waals surface area contributed by atoms with Gasteiger partial charge in [0.25, 0.3) is 0 Å². The van der Waals surface area contributed by atoms with Crippen molar-refractivity contribution >= 4 is 76.2 Å². The van der Waals surface area contributed by atoms with Gasteiger partial charge in [0.1, 0.15) is 0 Å². The molecule has 1 aromatic heterocycles. The van der Waals surface area contributed by atoms with Crippen molar-refractivity contribution in [3.8, 4) is 0 Å². The second-order valence-electron chi connectivity index (χ2n) is 4.67. The van der Waals surface area contributed by atoms with E-state index in [1.54, 1.807) is 6.20 Å². The van der Waals surface area contributed by atoms with Crippen LogP contribution in [0.5, 0.6) is 0 Å². The summed E-state index contributed by atoms with van der Waals surface area (Å²) >= 11 is 17.6. The SMILES string of the molecule is Cl.Cl.ClCCN(CCCl)CCNc1ccnc2cc(Cl)ccc12.O. The molecule has 4 nitrogen and oxygen atoms in total. The maximum atomic E-state index is 5.99. The summed E-state index contributed by atoms with van der Waals surface area (Å²) in [5, 5.41) is 5.21. The molecule has 0 radical (unpaired) electrons. The third-order valence-electron chi connectivity index (χ3n) is 3.25. The van der Waals surface area contributed by atoms with Gasteiger partial charge in [-0.1, -0.05) is 11.6 Å². The van der Waals surface area contributed by atoms with Gasteiger partial charge >= 0.3 is 0 Å². The molecule has 0 atom stereocenters. The van der Waals surface area contributed by atoms with Crippen LogP contribution in [0.3, 0.4) is 0 Å². The van der Waals surface area contributed by atoms with Gasteiger partial charge in [-0.2, -0.15) is 0 Å². The fourth-order valence-corrected chi connectivity index (χ4v) is 2.84. The van der Waals surface area contributed by atoms with Crippen LogP contribution in [0, 0.1) is 0 Å². The van der Waals surface area contributed by atoms with Crippen LogP contribution in [-0.2, 0) is 0 Å². The third kappa shape index (κ3) is 7.79. The summed E-state index contributed by atoms with van der Waals surface area (Å²) < 4.78 is 0. The summed E-state index contributed by atoms with van der Waals surface area (Å²) in [7, 11) is 0. The van der Waals surface area contributed by atoms with E-state index in [0.717, 1.165) is 42.8 Å². The third-order valence-corrected chi connectivity index (χ3v) is 3.82. The lowest BCUT2D eigenvalue weighted by Gasteiger charge is -2.20. The van der Waals surface area contributed by atoms with Crippen molar-refractivity contribution < 1.29 is 5.48 Å². The summed E-state index contributed by atoms with van der Waals surface area (Å²) in [6.45, 7) is 3.43. The lowest BCUT2D eigenvalue weighted by atomic mass is 10.2. The van der Waals surface area contributed by atoms with Crippen molar-refractivity contribution in [2.24, 2.45) is 0 Å². The fraction of sp³-hybridized carbons (Fsp3) is 0.400. The largest absolute Gasteiger partial charge is 0.412 e. The summed E-state index contributed by atoms with van der Waals surface area (Å²) in [5.41, 5.74) is 1.96. The molecule has 3 N–H and O–H groups in total. The van der Waals surface area contributed by atoms with Crippen molar-refractivity contribution in [1.29, 1.82) is 0 Å². The first-order valence-electron chi connectivity index (χ1n) is 6.87. The molecular formula is C15H22Cl5N3O. The molecular weight excluding hydrogens is 415 g/mol. The van der Waals surface area contributed by atoms with E-state index in [-0.39, 0.29) is 30.3 Å². The van der Waals surface area contributed by atoms with Gasteiger partial charge in [0.2, 0.25) is 0 Å². The molecule has 2 aromatic rings. The average molecular weight is 438 g/mol. The zero-order chi connectivity index (χ0) is 15.1. The molecule has 0 unspecified atom stereocenters. The predicted octanol–water partition coefficient (Wildman–Crippen LogP) is 4.10. The van der Waals surface area contributed by atoms with Crippen LogP contribution in [0.25, 0.3) is 10.9 Å². The Labute approximate surface area is 170 Å². The van der Waals surface area contributed by atoms with Crippen LogP contribution in [-0.4, -0.2) is 53.3 Å². The minimum atomic E-state index is 0. The number of nitrogens with one attached hydrogen (secondary N) is 1. The van der Waals surface area contributed by atoms with Crippen LogP contribution in [0.1, 0.15) is 0 Å². The number of benzene rings is 1. The Bertz CT molecular complexity index is 582. The molecule has 0 aliphatic rings. The zero-order valence-corrected chi connectivity index (χ0v) is 16.9. The molecule has 0 amide bonds. The molecule has 0 aliphatic heterocycles. The molecule has 9 heteroatoms. The smallest absolute Gasteiger partial charge is 0.0737 e. The number of rotatable bonds is 8. The molecule has 0 saturated heterocycles. The number of pyridine rings is 1. The molecule has 0 aliphatic carbocycles. The zero-order valence-electron chi connectivity index (χ0n) is 13.0. The van der Waals surface area contributed by atoms with Crippen LogP contribution in [0.4, 0.5) is 5.69 Å². The van der Waals surface area contributed by atoms with E-state index in [2.05, 4.69) is 15.2 Å². The van der Waals surface area contributed by atoms with Gasteiger partial charge in [-0.3, -0.25) is 9.88 Å². The van der Waals surface area contributed by atoms with Crippen LogP contribution in [0.2, 0.25) is 5.02 Å². The van der Waals surface area contributed by atoms with Crippen LogP contribution >= 0.6 is 59.6 Å². The Morgan fingerprint density at radius 1 is 1.00 bits per heavy atom. The maximum absolute atomic E-state index is 5.99. The van der Waals surface area contributed by atoms with Gasteiger partial charge in [-0.15, -0.1) is 48.0 Å². The molecule has 24 heavy (non-hydrogen) atoms. The molecule has 1 aromatic carbocycles. The minimum absolute atomic E-state index is 0. The normalized spacial score (nSPS) is 9.83. The summed E-state index contributed by atoms with van der Waals surface area (Å²) in [6.07, 6.45) is 1.79. The number of halogens is 5. The lowest BCUT2D eigenvalue weighted by Crippen LogP contribution is -2.32. The second kappa shape index (κ2) is 14.0. The van der Waals surface area contributed by atoms with Gasteiger partial charge < -0.3 is 10.8 Å². The van der Waals surface area contributed by atoms with Gasteiger partial charge in [-0.25, -0.2) is 0 Å². The summed E-state index contributed by atoms with van der Waals surface area (Å²) in [4.78, 5) is 6.58. The Hall–Kier alpha value is -0.200. The molecule has 2 rings (SSSR count). The highest BCUT2D eigenvalue weighted by molar-refractivity contribution is 6.31. The highest BCUT2D eigenvalue weighted by Gasteiger charge is 2.05. The summed E-state index contributed by atoms with van der Waals surface area (Å²) in [6, 6.07) is 7.71. The van der Waals surface area contributed by atoms with E-state index in [1.807, 2.05) is 24.3 Å². The van der Waals surface area contributed by atoms with Gasteiger partial charge in [0.15, 0.2) is 0 Å². The molecule has 0 fully saturated rings. The van der Waals surface area contributed by atoms with Gasteiger partial charge in [0.05, 0.1) is 5.52 Å². The van der Waals surface area contributed by atoms with Crippen LogP contribution in [0.15, 0.2) is 30.5 Å². The highest BCUT2D eigenvalue weighted by Crippen LogP contribution is 2.24. The minimum Gasteiger partial charge on any atom is -0.412 e. The van der Waals surface area contributed by atoms with E-state index in [4.69, 9.17) is 34.8 Å². The van der Waals surface area contributed by atoms with Crippen LogP contribution < -0.4 is 5.32 Å². The number of aromatic nitrogens is 1. The Kier molecular flexibility index (Phi) is 15.2. The number of nitrogens with zero attached hydrogens (tertiary/aromatic N) is 2. The molecule has 1 heterocycles. The van der Waals surface area contributed by atoms with E-state index in [9.17, 15) is 0 Å². The van der Waals surface area contributed by atoms with E-state index in [0.29, 0.717) is 16.8 Å². The fourth-order valence-electron chi connectivity index (χ4n) is 2.20. The van der Waals surface area contributed by atoms with E-state index < -0.39 is 0 Å². The molecule has 0 spiro atoms. The van der Waals surface area contributed by atoms with E-state index in [1.165, 1.54) is 0 Å². The number of alkyl halides is 2. The number of hydrogen-bond acceptors (Lipinski definition) is 3. The van der Waals surface area contributed by atoms with Crippen molar-refractivity contribution in [1.82, 2.24) is 9.88 Å². The topological polar surface area (TPSA) is 59.7 Å². The summed E-state index contributed by atoms with van der Waals surface area (Å²) in [5.74, 6) is 1.24. The first-order valence-corrected chi connectivity index (χ1v) is 8.31. The van der Waals surface area contributed by atoms with Crippen molar-refractivity contribution in [2.75, 3.05) is 43.3 Å². The monoisotopic (exact) mass is 435 g/mol. The Morgan fingerprint density at radius 2 is 1.67 bits per heavy atom. The number of fused-ring (bicyclic) bond motifs is 1. The lowest BCUT2D eigenvalue weighted by molar-refractivity contribution is 0.319. The Balaban J connectivity index is 0. The Morgan fingerprint density at radius 3 is 2.29 bits per heavy atom. The number of anilines is 1. The molecule has 0 saturated carbocycles. The standard InChI is InChI=1S/C15H18Cl3N3.2ClH.H2O/c16-4-8-21(9-5-17)10-7-20-14-3-6-19-15-11-12(18)1-2-13(14)15;;;/h1-3,6,11H,4-5,7-10H2,(H,19,20);2*1H;1H2.